The number of rotatable bonds is 5. The molecule has 1 N–H and O–H groups in total. The summed E-state index contributed by atoms with van der Waals surface area (Å²) in [4.78, 5) is 23.1. The van der Waals surface area contributed by atoms with Gasteiger partial charge in [0.1, 0.15) is 12.1 Å². The van der Waals surface area contributed by atoms with Crippen LogP contribution in [0.15, 0.2) is 30.3 Å². The van der Waals surface area contributed by atoms with Crippen LogP contribution in [0.2, 0.25) is 0 Å². The number of amides is 1. The van der Waals surface area contributed by atoms with E-state index in [1.165, 1.54) is 0 Å². The highest BCUT2D eigenvalue weighted by molar-refractivity contribution is 6.29. The van der Waals surface area contributed by atoms with Crippen LogP contribution in [0.4, 0.5) is 4.79 Å². The maximum absolute atomic E-state index is 11.6. The van der Waals surface area contributed by atoms with Crippen molar-refractivity contribution in [3.05, 3.63) is 35.9 Å². The summed E-state index contributed by atoms with van der Waals surface area (Å²) in [6, 6.07) is 9.36. The zero-order valence-electron chi connectivity index (χ0n) is 9.82. The van der Waals surface area contributed by atoms with Crippen LogP contribution < -0.4 is 5.32 Å². The van der Waals surface area contributed by atoms with Gasteiger partial charge in [0.25, 0.3) is 0 Å². The molecular weight excluding hydrogens is 254 g/mol. The van der Waals surface area contributed by atoms with Crippen molar-refractivity contribution in [2.45, 2.75) is 25.0 Å². The van der Waals surface area contributed by atoms with Gasteiger partial charge in [-0.25, -0.2) is 4.79 Å². The van der Waals surface area contributed by atoms with Gasteiger partial charge in [-0.2, -0.15) is 0 Å². The van der Waals surface area contributed by atoms with Gasteiger partial charge < -0.3 is 10.1 Å². The van der Waals surface area contributed by atoms with Crippen molar-refractivity contribution in [3.8, 4) is 0 Å². The summed E-state index contributed by atoms with van der Waals surface area (Å²) in [5.41, 5.74) is 0.136. The molecule has 1 aliphatic rings. The standard InChI is InChI=1S/C13H14ClNO3/c14-8-11(16)13(6-7-13)15-12(17)18-9-10-4-2-1-3-5-10/h1-5H,6-9H2,(H,15,17). The molecule has 18 heavy (non-hydrogen) atoms. The van der Waals surface area contributed by atoms with Gasteiger partial charge >= 0.3 is 6.09 Å². The smallest absolute Gasteiger partial charge is 0.408 e. The molecule has 0 radical (unpaired) electrons. The molecule has 1 aromatic carbocycles. The first-order valence-corrected chi connectivity index (χ1v) is 6.28. The lowest BCUT2D eigenvalue weighted by molar-refractivity contribution is -0.119. The van der Waals surface area contributed by atoms with Gasteiger partial charge in [0, 0.05) is 0 Å². The molecule has 0 unspecified atom stereocenters. The lowest BCUT2D eigenvalue weighted by atomic mass is 10.2. The number of halogens is 1. The van der Waals surface area contributed by atoms with Gasteiger partial charge in [0.2, 0.25) is 0 Å². The summed E-state index contributed by atoms with van der Waals surface area (Å²) in [5.74, 6) is -0.236. The van der Waals surface area contributed by atoms with Crippen molar-refractivity contribution >= 4 is 23.5 Å². The Labute approximate surface area is 110 Å². The van der Waals surface area contributed by atoms with Crippen LogP contribution in [-0.4, -0.2) is 23.3 Å². The van der Waals surface area contributed by atoms with E-state index < -0.39 is 11.6 Å². The number of carbonyl (C=O) groups is 2. The van der Waals surface area contributed by atoms with E-state index >= 15 is 0 Å². The highest BCUT2D eigenvalue weighted by Crippen LogP contribution is 2.36. The van der Waals surface area contributed by atoms with Gasteiger partial charge in [0.05, 0.1) is 5.88 Å². The number of benzene rings is 1. The molecule has 1 aliphatic carbocycles. The Bertz CT molecular complexity index is 443. The minimum Gasteiger partial charge on any atom is -0.445 e. The predicted molar refractivity (Wildman–Crippen MR) is 67.5 cm³/mol. The number of Topliss-reactive ketones (excluding diaryl/α,β-unsaturated/α-hetero) is 1. The fraction of sp³-hybridized carbons (Fsp3) is 0.385. The zero-order valence-corrected chi connectivity index (χ0v) is 10.6. The van der Waals surface area contributed by atoms with E-state index in [0.29, 0.717) is 12.8 Å². The highest BCUT2D eigenvalue weighted by atomic mass is 35.5. The first kappa shape index (κ1) is 12.9. The molecule has 1 fully saturated rings. The van der Waals surface area contributed by atoms with E-state index in [4.69, 9.17) is 16.3 Å². The summed E-state index contributed by atoms with van der Waals surface area (Å²) in [5, 5.41) is 2.59. The van der Waals surface area contributed by atoms with Crippen LogP contribution in [0.25, 0.3) is 0 Å². The van der Waals surface area contributed by atoms with Crippen LogP contribution in [0.5, 0.6) is 0 Å². The second-order valence-electron chi connectivity index (χ2n) is 4.33. The number of nitrogens with one attached hydrogen (secondary N) is 1. The average molecular weight is 268 g/mol. The minimum atomic E-state index is -0.768. The Morgan fingerprint density at radius 3 is 2.50 bits per heavy atom. The Balaban J connectivity index is 1.81. The number of hydrogen-bond donors (Lipinski definition) is 1. The number of ether oxygens (including phenoxy) is 1. The number of carbonyl (C=O) groups excluding carboxylic acids is 2. The first-order chi connectivity index (χ1) is 8.66. The number of hydrogen-bond acceptors (Lipinski definition) is 3. The molecule has 4 nitrogen and oxygen atoms in total. The molecule has 2 rings (SSSR count). The molecule has 0 aliphatic heterocycles. The summed E-state index contributed by atoms with van der Waals surface area (Å²) in [7, 11) is 0. The van der Waals surface area contributed by atoms with Crippen molar-refractivity contribution in [1.29, 1.82) is 0 Å². The van der Waals surface area contributed by atoms with Crippen molar-refractivity contribution in [3.63, 3.8) is 0 Å². The summed E-state index contributed by atoms with van der Waals surface area (Å²) < 4.78 is 5.05. The van der Waals surface area contributed by atoms with E-state index in [0.717, 1.165) is 5.56 Å². The summed E-state index contributed by atoms with van der Waals surface area (Å²) in [6.07, 6.45) is 0.702. The van der Waals surface area contributed by atoms with Gasteiger partial charge in [-0.3, -0.25) is 4.79 Å². The van der Waals surface area contributed by atoms with Crippen LogP contribution in [0, 0.1) is 0 Å². The lowest BCUT2D eigenvalue weighted by Crippen LogP contribution is -2.44. The molecule has 1 saturated carbocycles. The van der Waals surface area contributed by atoms with Crippen molar-refractivity contribution in [2.75, 3.05) is 5.88 Å². The molecule has 0 bridgehead atoms. The van der Waals surface area contributed by atoms with E-state index in [9.17, 15) is 9.59 Å². The maximum Gasteiger partial charge on any atom is 0.408 e. The Hall–Kier alpha value is -1.55. The van der Waals surface area contributed by atoms with Crippen molar-refractivity contribution in [2.24, 2.45) is 0 Å². The zero-order chi connectivity index (χ0) is 13.0. The van der Waals surface area contributed by atoms with Crippen molar-refractivity contribution in [1.82, 2.24) is 5.32 Å². The number of alkyl carbamates (subject to hydrolysis) is 1. The lowest BCUT2D eigenvalue weighted by Gasteiger charge is -2.14. The normalized spacial score (nSPS) is 15.8. The molecule has 96 valence electrons. The molecule has 0 spiro atoms. The fourth-order valence-electron chi connectivity index (χ4n) is 1.68. The predicted octanol–water partition coefficient (Wildman–Crippen LogP) is 2.25. The third-order valence-electron chi connectivity index (χ3n) is 2.96. The van der Waals surface area contributed by atoms with E-state index in [2.05, 4.69) is 5.32 Å². The Morgan fingerprint density at radius 1 is 1.28 bits per heavy atom. The largest absolute Gasteiger partial charge is 0.445 e. The van der Waals surface area contributed by atoms with Crippen molar-refractivity contribution < 1.29 is 14.3 Å². The minimum absolute atomic E-state index is 0.0844. The first-order valence-electron chi connectivity index (χ1n) is 5.74. The Morgan fingerprint density at radius 2 is 1.94 bits per heavy atom. The highest BCUT2D eigenvalue weighted by Gasteiger charge is 2.50. The topological polar surface area (TPSA) is 55.4 Å². The quantitative estimate of drug-likeness (QED) is 0.833. The van der Waals surface area contributed by atoms with Gasteiger partial charge in [0.15, 0.2) is 5.78 Å². The SMILES string of the molecule is O=C(NC1(C(=O)CCl)CC1)OCc1ccccc1. The maximum atomic E-state index is 11.6. The van der Waals surface area contributed by atoms with Crippen LogP contribution in [0.1, 0.15) is 18.4 Å². The molecule has 1 amide bonds. The molecule has 5 heteroatoms. The van der Waals surface area contributed by atoms with Crippen LogP contribution in [-0.2, 0) is 16.1 Å². The second kappa shape index (κ2) is 5.40. The van der Waals surface area contributed by atoms with E-state index in [1.807, 2.05) is 30.3 Å². The molecule has 1 aromatic rings. The molecule has 0 aromatic heterocycles. The third kappa shape index (κ3) is 3.01. The summed E-state index contributed by atoms with van der Waals surface area (Å²) >= 11 is 5.49. The van der Waals surface area contributed by atoms with E-state index in [1.54, 1.807) is 0 Å². The average Bonchev–Trinajstić information content (AvgIpc) is 3.17. The summed E-state index contributed by atoms with van der Waals surface area (Å²) in [6.45, 7) is 0.192. The molecule has 0 atom stereocenters. The second-order valence-corrected chi connectivity index (χ2v) is 4.59. The van der Waals surface area contributed by atoms with Crippen LogP contribution in [0.3, 0.4) is 0 Å². The van der Waals surface area contributed by atoms with Gasteiger partial charge in [-0.05, 0) is 18.4 Å². The Kier molecular flexibility index (Phi) is 3.87. The fourth-order valence-corrected chi connectivity index (χ4v) is 1.94. The molecule has 0 heterocycles. The van der Waals surface area contributed by atoms with Gasteiger partial charge in [-0.15, -0.1) is 11.6 Å². The number of alkyl halides is 1. The monoisotopic (exact) mass is 267 g/mol. The van der Waals surface area contributed by atoms with Gasteiger partial charge in [-0.1, -0.05) is 30.3 Å². The van der Waals surface area contributed by atoms with E-state index in [-0.39, 0.29) is 18.3 Å². The molecular formula is C13H14ClNO3. The third-order valence-corrected chi connectivity index (χ3v) is 3.20. The number of ketones is 1. The van der Waals surface area contributed by atoms with Crippen LogP contribution >= 0.6 is 11.6 Å². The molecule has 0 saturated heterocycles.